The largest absolute Gasteiger partial charge is 0.384 e. The molecule has 0 fully saturated rings. The van der Waals surface area contributed by atoms with Gasteiger partial charge in [0, 0.05) is 5.56 Å². The maximum absolute atomic E-state index is 10.6. The Balaban J connectivity index is 2.56. The minimum Gasteiger partial charge on any atom is -0.384 e. The average molecular weight is 295 g/mol. The van der Waals surface area contributed by atoms with Crippen molar-refractivity contribution in [1.82, 2.24) is 0 Å². The maximum Gasteiger partial charge on any atom is 0.106 e. The van der Waals surface area contributed by atoms with Crippen molar-refractivity contribution in [3.63, 3.8) is 0 Å². The molecule has 2 aromatic carbocycles. The zero-order chi connectivity index (χ0) is 14.2. The van der Waals surface area contributed by atoms with Crippen molar-refractivity contribution in [3.05, 3.63) is 68.2 Å². The highest BCUT2D eigenvalue weighted by molar-refractivity contribution is 6.42. The summed E-state index contributed by atoms with van der Waals surface area (Å²) in [5.41, 5.74) is 4.84. The second-order valence-electron chi connectivity index (χ2n) is 4.86. The van der Waals surface area contributed by atoms with E-state index in [2.05, 4.69) is 12.1 Å². The van der Waals surface area contributed by atoms with Crippen LogP contribution in [-0.4, -0.2) is 5.11 Å². The van der Waals surface area contributed by atoms with E-state index >= 15 is 0 Å². The fourth-order valence-corrected chi connectivity index (χ4v) is 2.92. The molecule has 0 aromatic heterocycles. The first-order valence-corrected chi connectivity index (χ1v) is 6.87. The van der Waals surface area contributed by atoms with Crippen LogP contribution in [0.3, 0.4) is 0 Å². The van der Waals surface area contributed by atoms with Gasteiger partial charge in [-0.2, -0.15) is 0 Å². The number of hydrogen-bond acceptors (Lipinski definition) is 1. The van der Waals surface area contributed by atoms with Gasteiger partial charge in [0.1, 0.15) is 6.10 Å². The molecule has 0 aliphatic heterocycles. The smallest absolute Gasteiger partial charge is 0.106 e. The number of rotatable bonds is 2. The van der Waals surface area contributed by atoms with E-state index in [1.165, 1.54) is 5.56 Å². The van der Waals surface area contributed by atoms with Crippen molar-refractivity contribution >= 4 is 23.2 Å². The van der Waals surface area contributed by atoms with Gasteiger partial charge in [-0.1, -0.05) is 53.0 Å². The fourth-order valence-electron chi connectivity index (χ4n) is 2.51. The first-order chi connectivity index (χ1) is 8.91. The molecule has 0 saturated carbocycles. The second-order valence-corrected chi connectivity index (χ2v) is 5.64. The van der Waals surface area contributed by atoms with Gasteiger partial charge in [0.2, 0.25) is 0 Å². The molecule has 0 radical (unpaired) electrons. The van der Waals surface area contributed by atoms with Crippen molar-refractivity contribution in [2.45, 2.75) is 26.9 Å². The molecule has 2 rings (SSSR count). The Kier molecular flexibility index (Phi) is 4.19. The third-order valence-electron chi connectivity index (χ3n) is 3.29. The van der Waals surface area contributed by atoms with Gasteiger partial charge in [0.15, 0.2) is 0 Å². The Morgan fingerprint density at radius 1 is 1.00 bits per heavy atom. The van der Waals surface area contributed by atoms with Gasteiger partial charge >= 0.3 is 0 Å². The molecule has 19 heavy (non-hydrogen) atoms. The van der Waals surface area contributed by atoms with Gasteiger partial charge in [-0.3, -0.25) is 0 Å². The molecule has 0 amide bonds. The minimum atomic E-state index is -0.758. The van der Waals surface area contributed by atoms with Crippen LogP contribution < -0.4 is 0 Å². The molecule has 0 aliphatic carbocycles. The topological polar surface area (TPSA) is 20.2 Å². The van der Waals surface area contributed by atoms with Crippen LogP contribution in [0.5, 0.6) is 0 Å². The van der Waals surface area contributed by atoms with Crippen molar-refractivity contribution in [3.8, 4) is 0 Å². The Labute approximate surface area is 123 Å². The Morgan fingerprint density at radius 2 is 1.58 bits per heavy atom. The number of benzene rings is 2. The molecule has 0 heterocycles. The van der Waals surface area contributed by atoms with Crippen LogP contribution in [0.15, 0.2) is 30.3 Å². The summed E-state index contributed by atoms with van der Waals surface area (Å²) < 4.78 is 0. The van der Waals surface area contributed by atoms with Crippen molar-refractivity contribution < 1.29 is 5.11 Å². The summed E-state index contributed by atoms with van der Waals surface area (Å²) in [4.78, 5) is 0. The predicted octanol–water partition coefficient (Wildman–Crippen LogP) is 5.00. The Bertz CT molecular complexity index is 597. The quantitative estimate of drug-likeness (QED) is 0.826. The number of aliphatic hydroxyl groups is 1. The molecule has 1 N–H and O–H groups in total. The molecule has 2 aromatic rings. The van der Waals surface area contributed by atoms with Crippen molar-refractivity contribution in [2.75, 3.05) is 0 Å². The molecule has 0 spiro atoms. The van der Waals surface area contributed by atoms with E-state index in [0.717, 1.165) is 16.7 Å². The van der Waals surface area contributed by atoms with E-state index in [1.54, 1.807) is 18.2 Å². The average Bonchev–Trinajstić information content (AvgIpc) is 2.31. The maximum atomic E-state index is 10.6. The molecule has 1 atom stereocenters. The Hall–Kier alpha value is -1.02. The Morgan fingerprint density at radius 3 is 2.16 bits per heavy atom. The fraction of sp³-hybridized carbons (Fsp3) is 0.250. The van der Waals surface area contributed by atoms with E-state index in [1.807, 2.05) is 20.8 Å². The number of aryl methyl sites for hydroxylation is 3. The van der Waals surface area contributed by atoms with Crippen LogP contribution in [0.25, 0.3) is 0 Å². The SMILES string of the molecule is Cc1cc(C)c(C(O)c2cccc(Cl)c2Cl)c(C)c1. The van der Waals surface area contributed by atoms with Crippen LogP contribution in [0.4, 0.5) is 0 Å². The summed E-state index contributed by atoms with van der Waals surface area (Å²) in [7, 11) is 0. The van der Waals surface area contributed by atoms with Gasteiger partial charge in [0.25, 0.3) is 0 Å². The lowest BCUT2D eigenvalue weighted by Gasteiger charge is -2.19. The highest BCUT2D eigenvalue weighted by Gasteiger charge is 2.19. The zero-order valence-corrected chi connectivity index (χ0v) is 12.7. The summed E-state index contributed by atoms with van der Waals surface area (Å²) in [6.45, 7) is 6.04. The molecule has 1 unspecified atom stereocenters. The van der Waals surface area contributed by atoms with Gasteiger partial charge in [-0.05, 0) is 43.5 Å². The number of halogens is 2. The lowest BCUT2D eigenvalue weighted by atomic mass is 9.92. The van der Waals surface area contributed by atoms with E-state index in [-0.39, 0.29) is 0 Å². The van der Waals surface area contributed by atoms with Crippen LogP contribution in [0, 0.1) is 20.8 Å². The first kappa shape index (κ1) is 14.4. The molecular formula is C16H16Cl2O. The summed E-state index contributed by atoms with van der Waals surface area (Å²) in [6, 6.07) is 9.44. The van der Waals surface area contributed by atoms with Gasteiger partial charge in [-0.15, -0.1) is 0 Å². The standard InChI is InChI=1S/C16H16Cl2O/c1-9-7-10(2)14(11(3)8-9)16(19)12-5-4-6-13(17)15(12)18/h4-8,16,19H,1-3H3. The van der Waals surface area contributed by atoms with Crippen molar-refractivity contribution in [2.24, 2.45) is 0 Å². The number of aliphatic hydroxyl groups excluding tert-OH is 1. The zero-order valence-electron chi connectivity index (χ0n) is 11.2. The van der Waals surface area contributed by atoms with Crippen LogP contribution >= 0.6 is 23.2 Å². The first-order valence-electron chi connectivity index (χ1n) is 6.11. The molecule has 0 saturated heterocycles. The molecule has 1 nitrogen and oxygen atoms in total. The lowest BCUT2D eigenvalue weighted by molar-refractivity contribution is 0.219. The van der Waals surface area contributed by atoms with Gasteiger partial charge < -0.3 is 5.11 Å². The predicted molar refractivity (Wildman–Crippen MR) is 81.2 cm³/mol. The highest BCUT2D eigenvalue weighted by Crippen LogP contribution is 2.35. The number of hydrogen-bond donors (Lipinski definition) is 1. The van der Waals surface area contributed by atoms with E-state index < -0.39 is 6.10 Å². The van der Waals surface area contributed by atoms with Crippen molar-refractivity contribution in [1.29, 1.82) is 0 Å². The third-order valence-corrected chi connectivity index (χ3v) is 4.12. The van der Waals surface area contributed by atoms with Gasteiger partial charge in [0.05, 0.1) is 10.0 Å². The third kappa shape index (κ3) is 2.79. The summed E-state index contributed by atoms with van der Waals surface area (Å²) in [5.74, 6) is 0. The van der Waals surface area contributed by atoms with Crippen LogP contribution in [0.1, 0.15) is 33.9 Å². The lowest BCUT2D eigenvalue weighted by Crippen LogP contribution is -2.06. The molecular weight excluding hydrogens is 279 g/mol. The second kappa shape index (κ2) is 5.54. The molecule has 0 bridgehead atoms. The van der Waals surface area contributed by atoms with Gasteiger partial charge in [-0.25, -0.2) is 0 Å². The monoisotopic (exact) mass is 294 g/mol. The molecule has 100 valence electrons. The van der Waals surface area contributed by atoms with Crippen LogP contribution in [-0.2, 0) is 0 Å². The van der Waals surface area contributed by atoms with E-state index in [4.69, 9.17) is 23.2 Å². The van der Waals surface area contributed by atoms with E-state index in [0.29, 0.717) is 15.6 Å². The molecule has 3 heteroatoms. The summed E-state index contributed by atoms with van der Waals surface area (Å²) in [6.07, 6.45) is -0.758. The van der Waals surface area contributed by atoms with Crippen LogP contribution in [0.2, 0.25) is 10.0 Å². The normalized spacial score (nSPS) is 12.5. The summed E-state index contributed by atoms with van der Waals surface area (Å²) in [5, 5.41) is 11.5. The highest BCUT2D eigenvalue weighted by atomic mass is 35.5. The summed E-state index contributed by atoms with van der Waals surface area (Å²) >= 11 is 12.2. The van der Waals surface area contributed by atoms with E-state index in [9.17, 15) is 5.11 Å². The minimum absolute atomic E-state index is 0.413. The molecule has 0 aliphatic rings.